The summed E-state index contributed by atoms with van der Waals surface area (Å²) in [7, 11) is 0. The van der Waals surface area contributed by atoms with Gasteiger partial charge in [0.25, 0.3) is 0 Å². The maximum Gasteiger partial charge on any atom is 0.317 e. The van der Waals surface area contributed by atoms with Crippen LogP contribution in [-0.4, -0.2) is 47.3 Å². The van der Waals surface area contributed by atoms with E-state index in [0.717, 1.165) is 25.1 Å². The molecule has 0 saturated carbocycles. The topological polar surface area (TPSA) is 80.5 Å². The first kappa shape index (κ1) is 18.2. The minimum absolute atomic E-state index is 0.0245. The van der Waals surface area contributed by atoms with Crippen molar-refractivity contribution in [2.75, 3.05) is 26.2 Å². The Labute approximate surface area is 153 Å². The Morgan fingerprint density at radius 1 is 1.46 bits per heavy atom. The third kappa shape index (κ3) is 4.74. The molecule has 2 amide bonds. The number of aryl methyl sites for hydroxylation is 1. The lowest BCUT2D eigenvalue weighted by Crippen LogP contribution is -2.44. The molecule has 1 fully saturated rings. The monoisotopic (exact) mass is 358 g/mol. The van der Waals surface area contributed by atoms with Crippen molar-refractivity contribution >= 4 is 6.03 Å². The molecule has 26 heavy (non-hydrogen) atoms. The number of carbonyl (C=O) groups excluding carboxylic acids is 1. The zero-order chi connectivity index (χ0) is 18.4. The number of likely N-dealkylation sites (tertiary alicyclic amines) is 1. The fourth-order valence-electron chi connectivity index (χ4n) is 3.13. The van der Waals surface area contributed by atoms with Crippen molar-refractivity contribution < 1.29 is 14.1 Å². The van der Waals surface area contributed by atoms with E-state index in [2.05, 4.69) is 15.5 Å². The first-order valence-corrected chi connectivity index (χ1v) is 9.20. The second kappa shape index (κ2) is 8.69. The Balaban J connectivity index is 1.51. The highest BCUT2D eigenvalue weighted by molar-refractivity contribution is 5.74. The van der Waals surface area contributed by atoms with E-state index >= 15 is 0 Å². The molecule has 1 saturated heterocycles. The molecule has 0 radical (unpaired) electrons. The van der Waals surface area contributed by atoms with Crippen molar-refractivity contribution in [2.45, 2.75) is 39.0 Å². The smallest absolute Gasteiger partial charge is 0.317 e. The van der Waals surface area contributed by atoms with Crippen molar-refractivity contribution in [3.05, 3.63) is 41.5 Å². The van der Waals surface area contributed by atoms with Crippen LogP contribution in [0, 0.1) is 6.92 Å². The molecule has 140 valence electrons. The summed E-state index contributed by atoms with van der Waals surface area (Å²) in [5, 5.41) is 6.90. The number of hydrogen-bond acceptors (Lipinski definition) is 5. The van der Waals surface area contributed by atoms with Gasteiger partial charge in [-0.2, -0.15) is 4.98 Å². The lowest BCUT2D eigenvalue weighted by Gasteiger charge is -2.30. The number of hydrogen-bond donors (Lipinski definition) is 1. The number of aromatic nitrogens is 2. The number of ether oxygens (including phenoxy) is 1. The molecular weight excluding hydrogens is 332 g/mol. The molecular formula is C19H26N4O3. The molecule has 1 unspecified atom stereocenters. The standard InChI is InChI=1S/C19H26N4O3/c1-3-20-19(24)23-10-5-7-15(13-23)18-21-17(22-26-18)9-11-25-16-8-4-6-14(2)12-16/h4,6,8,12,15H,3,5,7,9-11,13H2,1-2H3,(H,20,24). The number of nitrogens with zero attached hydrogens (tertiary/aromatic N) is 3. The van der Waals surface area contributed by atoms with Gasteiger partial charge >= 0.3 is 6.03 Å². The Kier molecular flexibility index (Phi) is 6.09. The molecule has 2 aromatic rings. The second-order valence-electron chi connectivity index (χ2n) is 6.58. The van der Waals surface area contributed by atoms with E-state index in [1.165, 1.54) is 5.56 Å². The maximum atomic E-state index is 12.0. The number of rotatable bonds is 6. The van der Waals surface area contributed by atoms with Crippen LogP contribution in [0.15, 0.2) is 28.8 Å². The highest BCUT2D eigenvalue weighted by atomic mass is 16.5. The molecule has 1 aliphatic rings. The van der Waals surface area contributed by atoms with Gasteiger partial charge in [-0.05, 0) is 44.4 Å². The number of amides is 2. The molecule has 1 atom stereocenters. The van der Waals surface area contributed by atoms with Crippen LogP contribution in [0.5, 0.6) is 5.75 Å². The molecule has 0 bridgehead atoms. The van der Waals surface area contributed by atoms with Gasteiger partial charge in [-0.15, -0.1) is 0 Å². The average Bonchev–Trinajstić information content (AvgIpc) is 3.11. The number of carbonyl (C=O) groups is 1. The van der Waals surface area contributed by atoms with Crippen molar-refractivity contribution in [1.29, 1.82) is 0 Å². The van der Waals surface area contributed by atoms with E-state index in [1.54, 1.807) is 0 Å². The molecule has 0 spiro atoms. The normalized spacial score (nSPS) is 17.2. The summed E-state index contributed by atoms with van der Waals surface area (Å²) in [4.78, 5) is 18.3. The highest BCUT2D eigenvalue weighted by Crippen LogP contribution is 2.25. The summed E-state index contributed by atoms with van der Waals surface area (Å²) < 4.78 is 11.2. The summed E-state index contributed by atoms with van der Waals surface area (Å²) in [5.74, 6) is 2.20. The quantitative estimate of drug-likeness (QED) is 0.859. The van der Waals surface area contributed by atoms with Gasteiger partial charge < -0.3 is 19.5 Å². The fourth-order valence-corrected chi connectivity index (χ4v) is 3.13. The summed E-state index contributed by atoms with van der Waals surface area (Å²) in [6.07, 6.45) is 2.48. The second-order valence-corrected chi connectivity index (χ2v) is 6.58. The largest absolute Gasteiger partial charge is 0.493 e. The Hall–Kier alpha value is -2.57. The van der Waals surface area contributed by atoms with E-state index in [-0.39, 0.29) is 11.9 Å². The number of urea groups is 1. The summed E-state index contributed by atoms with van der Waals surface area (Å²) >= 11 is 0. The van der Waals surface area contributed by atoms with Crippen LogP contribution in [0.25, 0.3) is 0 Å². The van der Waals surface area contributed by atoms with Gasteiger partial charge in [0.05, 0.1) is 12.5 Å². The summed E-state index contributed by atoms with van der Waals surface area (Å²) in [5.41, 5.74) is 1.17. The van der Waals surface area contributed by atoms with Crippen LogP contribution in [-0.2, 0) is 6.42 Å². The van der Waals surface area contributed by atoms with E-state index in [9.17, 15) is 4.79 Å². The zero-order valence-electron chi connectivity index (χ0n) is 15.4. The zero-order valence-corrected chi connectivity index (χ0v) is 15.4. The molecule has 7 heteroatoms. The summed E-state index contributed by atoms with van der Waals surface area (Å²) in [6, 6.07) is 7.92. The minimum atomic E-state index is -0.0245. The predicted molar refractivity (Wildman–Crippen MR) is 97.3 cm³/mol. The number of piperidine rings is 1. The third-order valence-electron chi connectivity index (χ3n) is 4.45. The molecule has 1 aliphatic heterocycles. The van der Waals surface area contributed by atoms with Crippen LogP contribution in [0.2, 0.25) is 0 Å². The van der Waals surface area contributed by atoms with Gasteiger partial charge in [-0.3, -0.25) is 0 Å². The van der Waals surface area contributed by atoms with Gasteiger partial charge in [0.15, 0.2) is 5.82 Å². The lowest BCUT2D eigenvalue weighted by atomic mass is 9.98. The van der Waals surface area contributed by atoms with E-state index in [4.69, 9.17) is 9.26 Å². The maximum absolute atomic E-state index is 12.0. The van der Waals surface area contributed by atoms with Crippen molar-refractivity contribution in [2.24, 2.45) is 0 Å². The van der Waals surface area contributed by atoms with Crippen LogP contribution in [0.4, 0.5) is 4.79 Å². The molecule has 3 rings (SSSR count). The van der Waals surface area contributed by atoms with Gasteiger partial charge in [-0.25, -0.2) is 4.79 Å². The van der Waals surface area contributed by atoms with E-state index < -0.39 is 0 Å². The Morgan fingerprint density at radius 3 is 3.15 bits per heavy atom. The molecule has 7 nitrogen and oxygen atoms in total. The lowest BCUT2D eigenvalue weighted by molar-refractivity contribution is 0.172. The van der Waals surface area contributed by atoms with Crippen LogP contribution < -0.4 is 10.1 Å². The van der Waals surface area contributed by atoms with Gasteiger partial charge in [0, 0.05) is 26.1 Å². The molecule has 0 aliphatic carbocycles. The minimum Gasteiger partial charge on any atom is -0.493 e. The van der Waals surface area contributed by atoms with Crippen LogP contribution >= 0.6 is 0 Å². The van der Waals surface area contributed by atoms with E-state index in [0.29, 0.717) is 37.8 Å². The first-order valence-electron chi connectivity index (χ1n) is 9.20. The van der Waals surface area contributed by atoms with Gasteiger partial charge in [0.1, 0.15) is 5.75 Å². The number of benzene rings is 1. The fraction of sp³-hybridized carbons (Fsp3) is 0.526. The molecule has 1 N–H and O–H groups in total. The highest BCUT2D eigenvalue weighted by Gasteiger charge is 2.28. The van der Waals surface area contributed by atoms with Gasteiger partial charge in [-0.1, -0.05) is 17.3 Å². The average molecular weight is 358 g/mol. The van der Waals surface area contributed by atoms with Crippen molar-refractivity contribution in [1.82, 2.24) is 20.4 Å². The van der Waals surface area contributed by atoms with Crippen molar-refractivity contribution in [3.63, 3.8) is 0 Å². The van der Waals surface area contributed by atoms with Crippen molar-refractivity contribution in [3.8, 4) is 5.75 Å². The molecule has 1 aromatic heterocycles. The Morgan fingerprint density at radius 2 is 2.35 bits per heavy atom. The predicted octanol–water partition coefficient (Wildman–Crippen LogP) is 2.91. The van der Waals surface area contributed by atoms with E-state index in [1.807, 2.05) is 43.0 Å². The van der Waals surface area contributed by atoms with Gasteiger partial charge in [0.2, 0.25) is 5.89 Å². The molecule has 1 aromatic carbocycles. The Bertz CT molecular complexity index is 731. The number of nitrogens with one attached hydrogen (secondary N) is 1. The van der Waals surface area contributed by atoms with Crippen LogP contribution in [0.3, 0.4) is 0 Å². The summed E-state index contributed by atoms with van der Waals surface area (Å²) in [6.45, 7) is 6.47. The third-order valence-corrected chi connectivity index (χ3v) is 4.45. The SMILES string of the molecule is CCNC(=O)N1CCCC(c2nc(CCOc3cccc(C)c3)no2)C1. The first-order chi connectivity index (χ1) is 12.7. The molecule has 2 heterocycles. The van der Waals surface area contributed by atoms with Crippen LogP contribution in [0.1, 0.15) is 43.0 Å².